The number of aryl methyl sites for hydroxylation is 2. The number of aliphatic hydroxyl groups is 1. The van der Waals surface area contributed by atoms with Crippen LogP contribution in [0.2, 0.25) is 0 Å². The molecule has 0 spiro atoms. The van der Waals surface area contributed by atoms with Gasteiger partial charge in [0.05, 0.1) is 5.69 Å². The van der Waals surface area contributed by atoms with Crippen molar-refractivity contribution in [3.05, 3.63) is 11.9 Å². The predicted octanol–water partition coefficient (Wildman–Crippen LogP) is -0.471. The number of aromatic nitrogens is 3. The SMILES string of the molecule is Cn1cc(CCCCC(O)(P(=O)(O)O)P(=O)(O)O)nn1. The maximum atomic E-state index is 11.1. The van der Waals surface area contributed by atoms with E-state index in [4.69, 9.17) is 19.6 Å². The first-order valence-electron chi connectivity index (χ1n) is 5.66. The molecule has 0 bridgehead atoms. The van der Waals surface area contributed by atoms with Gasteiger partial charge in [0.2, 0.25) is 0 Å². The maximum absolute atomic E-state index is 11.1. The molecule has 1 aromatic heterocycles. The second-order valence-electron chi connectivity index (χ2n) is 4.45. The van der Waals surface area contributed by atoms with Crippen LogP contribution in [0.25, 0.3) is 0 Å². The first-order chi connectivity index (χ1) is 8.97. The fourth-order valence-corrected chi connectivity index (χ4v) is 3.90. The Bertz CT molecular complexity index is 526. The molecule has 0 radical (unpaired) electrons. The average molecular weight is 329 g/mol. The molecular weight excluding hydrogens is 312 g/mol. The Morgan fingerprint density at radius 3 is 2.15 bits per heavy atom. The third-order valence-electron chi connectivity index (χ3n) is 2.78. The third-order valence-corrected chi connectivity index (χ3v) is 6.65. The molecule has 0 aliphatic carbocycles. The van der Waals surface area contributed by atoms with Gasteiger partial charge in [0.25, 0.3) is 5.08 Å². The quantitative estimate of drug-likeness (QED) is 0.328. The Morgan fingerprint density at radius 2 is 1.75 bits per heavy atom. The Balaban J connectivity index is 2.61. The average Bonchev–Trinajstić information content (AvgIpc) is 2.67. The summed E-state index contributed by atoms with van der Waals surface area (Å²) < 4.78 is 23.7. The van der Waals surface area contributed by atoms with Gasteiger partial charge in [0.15, 0.2) is 0 Å². The van der Waals surface area contributed by atoms with Gasteiger partial charge in [-0.25, -0.2) is 0 Å². The van der Waals surface area contributed by atoms with Gasteiger partial charge in [-0.3, -0.25) is 13.8 Å². The van der Waals surface area contributed by atoms with Crippen LogP contribution < -0.4 is 0 Å². The smallest absolute Gasteiger partial charge is 0.368 e. The third kappa shape index (κ3) is 3.95. The summed E-state index contributed by atoms with van der Waals surface area (Å²) in [6, 6.07) is 0. The molecule has 12 heteroatoms. The second kappa shape index (κ2) is 6.03. The van der Waals surface area contributed by atoms with Crippen molar-refractivity contribution in [2.24, 2.45) is 7.05 Å². The number of hydrogen-bond donors (Lipinski definition) is 5. The van der Waals surface area contributed by atoms with Gasteiger partial charge in [0, 0.05) is 13.2 Å². The Labute approximate surface area is 114 Å². The highest BCUT2D eigenvalue weighted by Gasteiger charge is 2.58. The Hall–Kier alpha value is -0.600. The molecule has 10 nitrogen and oxygen atoms in total. The van der Waals surface area contributed by atoms with E-state index in [9.17, 15) is 14.2 Å². The van der Waals surface area contributed by atoms with E-state index < -0.39 is 26.7 Å². The standard InChI is InChI=1S/C8H17N3O7P2/c1-11-6-7(9-10-11)4-2-3-5-8(12,19(13,14)15)20(16,17)18/h6,12H,2-5H2,1H3,(H2,13,14,15)(H2,16,17,18). The summed E-state index contributed by atoms with van der Waals surface area (Å²) in [7, 11) is -9.04. The summed E-state index contributed by atoms with van der Waals surface area (Å²) in [6.45, 7) is 0. The molecule has 0 saturated heterocycles. The molecule has 1 aromatic rings. The fraction of sp³-hybridized carbons (Fsp3) is 0.750. The molecule has 0 unspecified atom stereocenters. The van der Waals surface area contributed by atoms with Gasteiger partial charge in [-0.05, 0) is 25.7 Å². The van der Waals surface area contributed by atoms with E-state index in [0.29, 0.717) is 18.5 Å². The van der Waals surface area contributed by atoms with Gasteiger partial charge in [-0.15, -0.1) is 5.10 Å². The monoisotopic (exact) mass is 329 g/mol. The molecule has 0 saturated carbocycles. The molecule has 1 rings (SSSR count). The highest BCUT2D eigenvalue weighted by molar-refractivity contribution is 7.72. The molecule has 1 heterocycles. The fourth-order valence-electron chi connectivity index (χ4n) is 1.64. The molecule has 116 valence electrons. The lowest BCUT2D eigenvalue weighted by atomic mass is 10.1. The largest absolute Gasteiger partial charge is 0.369 e. The maximum Gasteiger partial charge on any atom is 0.369 e. The topological polar surface area (TPSA) is 166 Å². The zero-order valence-corrected chi connectivity index (χ0v) is 12.5. The van der Waals surface area contributed by atoms with Crippen molar-refractivity contribution < 1.29 is 33.8 Å². The van der Waals surface area contributed by atoms with Crippen molar-refractivity contribution in [1.82, 2.24) is 15.0 Å². The van der Waals surface area contributed by atoms with Crippen LogP contribution in [0.15, 0.2) is 6.20 Å². The molecule has 0 amide bonds. The molecule has 5 N–H and O–H groups in total. The van der Waals surface area contributed by atoms with E-state index >= 15 is 0 Å². The summed E-state index contributed by atoms with van der Waals surface area (Å²) >= 11 is 0. The minimum absolute atomic E-state index is 0.0172. The molecular formula is C8H17N3O7P2. The number of rotatable bonds is 7. The Kier molecular flexibility index (Phi) is 5.26. The lowest BCUT2D eigenvalue weighted by Gasteiger charge is -2.29. The molecule has 0 aliphatic rings. The zero-order chi connectivity index (χ0) is 15.6. The van der Waals surface area contributed by atoms with Crippen LogP contribution in [0.3, 0.4) is 0 Å². The highest BCUT2D eigenvalue weighted by Crippen LogP contribution is 2.69. The van der Waals surface area contributed by atoms with E-state index in [1.54, 1.807) is 13.2 Å². The number of unbranched alkanes of at least 4 members (excludes halogenated alkanes) is 1. The van der Waals surface area contributed by atoms with Crippen molar-refractivity contribution in [3.63, 3.8) is 0 Å². The molecule has 0 fully saturated rings. The molecule has 0 aromatic carbocycles. The number of nitrogens with zero attached hydrogens (tertiary/aromatic N) is 3. The van der Waals surface area contributed by atoms with Crippen LogP contribution in [0.5, 0.6) is 0 Å². The first-order valence-corrected chi connectivity index (χ1v) is 8.89. The van der Waals surface area contributed by atoms with Crippen molar-refractivity contribution in [3.8, 4) is 0 Å². The lowest BCUT2D eigenvalue weighted by molar-refractivity contribution is 0.120. The molecule has 20 heavy (non-hydrogen) atoms. The summed E-state index contributed by atoms with van der Waals surface area (Å²) in [4.78, 5) is 35.7. The van der Waals surface area contributed by atoms with Gasteiger partial charge in [-0.1, -0.05) is 5.21 Å². The summed E-state index contributed by atoms with van der Waals surface area (Å²) in [6.07, 6.45) is 1.73. The summed E-state index contributed by atoms with van der Waals surface area (Å²) in [5.41, 5.74) is 0.642. The van der Waals surface area contributed by atoms with E-state index in [1.165, 1.54) is 4.68 Å². The van der Waals surface area contributed by atoms with Crippen LogP contribution in [-0.4, -0.2) is 44.8 Å². The second-order valence-corrected chi connectivity index (χ2v) is 8.46. The van der Waals surface area contributed by atoms with Crippen LogP contribution in [-0.2, 0) is 22.6 Å². The van der Waals surface area contributed by atoms with Crippen molar-refractivity contribution >= 4 is 15.2 Å². The lowest BCUT2D eigenvalue weighted by Crippen LogP contribution is -2.28. The van der Waals surface area contributed by atoms with Crippen molar-refractivity contribution in [2.45, 2.75) is 30.8 Å². The summed E-state index contributed by atoms with van der Waals surface area (Å²) in [5.74, 6) is 0. The number of hydrogen-bond acceptors (Lipinski definition) is 5. The van der Waals surface area contributed by atoms with E-state index in [2.05, 4.69) is 10.3 Å². The van der Waals surface area contributed by atoms with E-state index in [-0.39, 0.29) is 6.42 Å². The van der Waals surface area contributed by atoms with E-state index in [0.717, 1.165) is 0 Å². The van der Waals surface area contributed by atoms with Crippen LogP contribution in [0.1, 0.15) is 25.0 Å². The van der Waals surface area contributed by atoms with E-state index in [1.807, 2.05) is 0 Å². The minimum Gasteiger partial charge on any atom is -0.368 e. The van der Waals surface area contributed by atoms with Crippen LogP contribution >= 0.6 is 15.2 Å². The zero-order valence-electron chi connectivity index (χ0n) is 10.7. The molecule has 0 atom stereocenters. The minimum atomic E-state index is -5.36. The normalized spacial score (nSPS) is 13.7. The van der Waals surface area contributed by atoms with Gasteiger partial charge in [-0.2, -0.15) is 0 Å². The van der Waals surface area contributed by atoms with Crippen LogP contribution in [0.4, 0.5) is 0 Å². The molecule has 0 aliphatic heterocycles. The summed E-state index contributed by atoms with van der Waals surface area (Å²) in [5, 5.41) is 13.8. The first kappa shape index (κ1) is 17.5. The predicted molar refractivity (Wildman–Crippen MR) is 67.6 cm³/mol. The van der Waals surface area contributed by atoms with Gasteiger partial charge in [0.1, 0.15) is 0 Å². The van der Waals surface area contributed by atoms with Gasteiger partial charge >= 0.3 is 15.2 Å². The highest BCUT2D eigenvalue weighted by atomic mass is 31.2. The van der Waals surface area contributed by atoms with Crippen molar-refractivity contribution in [2.75, 3.05) is 0 Å². The van der Waals surface area contributed by atoms with Crippen LogP contribution in [0, 0.1) is 0 Å². The van der Waals surface area contributed by atoms with Crippen molar-refractivity contribution in [1.29, 1.82) is 0 Å². The van der Waals surface area contributed by atoms with Gasteiger partial charge < -0.3 is 24.7 Å². The Morgan fingerprint density at radius 1 is 1.20 bits per heavy atom.